The SMILES string of the molecule is Cc1cc(C)c(NC(=O)N(C)C(C)CO)c(C(=O)O)c1. The van der Waals surface area contributed by atoms with Crippen LogP contribution in [0.15, 0.2) is 12.1 Å². The Morgan fingerprint density at radius 1 is 1.35 bits per heavy atom. The number of carboxylic acid groups (broad SMARTS) is 1. The van der Waals surface area contributed by atoms with Crippen molar-refractivity contribution >= 4 is 17.7 Å². The molecule has 0 aliphatic carbocycles. The van der Waals surface area contributed by atoms with E-state index in [4.69, 9.17) is 5.11 Å². The molecule has 1 unspecified atom stereocenters. The Balaban J connectivity index is 3.09. The van der Waals surface area contributed by atoms with Gasteiger partial charge in [-0.2, -0.15) is 0 Å². The molecule has 1 rings (SSSR count). The van der Waals surface area contributed by atoms with Crippen LogP contribution in [0.1, 0.15) is 28.4 Å². The Morgan fingerprint density at radius 3 is 2.45 bits per heavy atom. The molecule has 20 heavy (non-hydrogen) atoms. The van der Waals surface area contributed by atoms with E-state index in [1.54, 1.807) is 33.9 Å². The predicted molar refractivity (Wildman–Crippen MR) is 76.2 cm³/mol. The van der Waals surface area contributed by atoms with E-state index in [0.717, 1.165) is 5.56 Å². The molecular formula is C14H20N2O4. The largest absolute Gasteiger partial charge is 0.478 e. The second-order valence-corrected chi connectivity index (χ2v) is 4.88. The van der Waals surface area contributed by atoms with Crippen LogP contribution in [0, 0.1) is 13.8 Å². The standard InChI is InChI=1S/C14H20N2O4/c1-8-5-9(2)12(11(6-8)13(18)19)15-14(20)16(4)10(3)7-17/h5-6,10,17H,7H2,1-4H3,(H,15,20)(H,18,19). The molecule has 1 atom stereocenters. The van der Waals surface area contributed by atoms with E-state index in [0.29, 0.717) is 5.56 Å². The van der Waals surface area contributed by atoms with E-state index < -0.39 is 12.0 Å². The number of urea groups is 1. The lowest BCUT2D eigenvalue weighted by Crippen LogP contribution is -2.40. The number of aromatic carboxylic acids is 1. The van der Waals surface area contributed by atoms with Crippen molar-refractivity contribution in [3.8, 4) is 0 Å². The summed E-state index contributed by atoms with van der Waals surface area (Å²) >= 11 is 0. The number of aliphatic hydroxyl groups excluding tert-OH is 1. The van der Waals surface area contributed by atoms with Gasteiger partial charge in [0.2, 0.25) is 0 Å². The Kier molecular flexibility index (Phi) is 5.10. The highest BCUT2D eigenvalue weighted by Crippen LogP contribution is 2.23. The van der Waals surface area contributed by atoms with Gasteiger partial charge in [-0.3, -0.25) is 0 Å². The summed E-state index contributed by atoms with van der Waals surface area (Å²) in [6, 6.07) is 2.51. The van der Waals surface area contributed by atoms with Crippen LogP contribution in [0.25, 0.3) is 0 Å². The Bertz CT molecular complexity index is 528. The fourth-order valence-electron chi connectivity index (χ4n) is 1.82. The van der Waals surface area contributed by atoms with Crippen molar-refractivity contribution in [3.05, 3.63) is 28.8 Å². The fourth-order valence-corrected chi connectivity index (χ4v) is 1.82. The van der Waals surface area contributed by atoms with Crippen molar-refractivity contribution in [3.63, 3.8) is 0 Å². The summed E-state index contributed by atoms with van der Waals surface area (Å²) in [6.07, 6.45) is 0. The Hall–Kier alpha value is -2.08. The number of hydrogen-bond donors (Lipinski definition) is 3. The number of nitrogens with one attached hydrogen (secondary N) is 1. The molecule has 3 N–H and O–H groups in total. The molecule has 6 nitrogen and oxygen atoms in total. The number of aliphatic hydroxyl groups is 1. The first kappa shape index (κ1) is 16.0. The van der Waals surface area contributed by atoms with Gasteiger partial charge >= 0.3 is 12.0 Å². The van der Waals surface area contributed by atoms with Crippen LogP contribution < -0.4 is 5.32 Å². The van der Waals surface area contributed by atoms with Crippen molar-refractivity contribution in [1.82, 2.24) is 4.90 Å². The molecule has 2 amide bonds. The maximum Gasteiger partial charge on any atom is 0.337 e. The topological polar surface area (TPSA) is 89.9 Å². The minimum absolute atomic E-state index is 0.0564. The van der Waals surface area contributed by atoms with Gasteiger partial charge < -0.3 is 20.4 Å². The van der Waals surface area contributed by atoms with E-state index in [1.165, 1.54) is 11.0 Å². The molecule has 0 bridgehead atoms. The molecule has 0 aromatic heterocycles. The van der Waals surface area contributed by atoms with E-state index in [2.05, 4.69) is 5.32 Å². The number of benzene rings is 1. The monoisotopic (exact) mass is 280 g/mol. The van der Waals surface area contributed by atoms with E-state index in [1.807, 2.05) is 0 Å². The van der Waals surface area contributed by atoms with Crippen molar-refractivity contribution in [2.75, 3.05) is 19.0 Å². The van der Waals surface area contributed by atoms with Gasteiger partial charge in [0.05, 0.1) is 23.9 Å². The van der Waals surface area contributed by atoms with Gasteiger partial charge in [-0.1, -0.05) is 6.07 Å². The molecule has 0 saturated carbocycles. The fraction of sp³-hybridized carbons (Fsp3) is 0.429. The number of amides is 2. The van der Waals surface area contributed by atoms with Crippen molar-refractivity contribution < 1.29 is 19.8 Å². The zero-order chi connectivity index (χ0) is 15.4. The average molecular weight is 280 g/mol. The van der Waals surface area contributed by atoms with Crippen LogP contribution in [-0.4, -0.2) is 46.8 Å². The molecule has 110 valence electrons. The molecule has 0 heterocycles. The normalized spacial score (nSPS) is 11.8. The van der Waals surface area contributed by atoms with Gasteiger partial charge in [0.1, 0.15) is 0 Å². The molecule has 6 heteroatoms. The minimum Gasteiger partial charge on any atom is -0.478 e. The lowest BCUT2D eigenvalue weighted by Gasteiger charge is -2.24. The summed E-state index contributed by atoms with van der Waals surface area (Å²) in [5.41, 5.74) is 1.83. The second kappa shape index (κ2) is 6.38. The van der Waals surface area contributed by atoms with Gasteiger partial charge in [-0.05, 0) is 38.0 Å². The van der Waals surface area contributed by atoms with Gasteiger partial charge in [-0.25, -0.2) is 9.59 Å². The van der Waals surface area contributed by atoms with Crippen LogP contribution in [0.2, 0.25) is 0 Å². The average Bonchev–Trinajstić information content (AvgIpc) is 2.39. The highest BCUT2D eigenvalue weighted by molar-refractivity contribution is 6.01. The molecule has 0 aliphatic heterocycles. The smallest absolute Gasteiger partial charge is 0.337 e. The molecular weight excluding hydrogens is 260 g/mol. The maximum atomic E-state index is 12.0. The van der Waals surface area contributed by atoms with Gasteiger partial charge in [0.15, 0.2) is 0 Å². The van der Waals surface area contributed by atoms with Crippen LogP contribution in [0.4, 0.5) is 10.5 Å². The molecule has 0 saturated heterocycles. The molecule has 0 fully saturated rings. The van der Waals surface area contributed by atoms with E-state index in [9.17, 15) is 14.7 Å². The van der Waals surface area contributed by atoms with Crippen molar-refractivity contribution in [1.29, 1.82) is 0 Å². The third kappa shape index (κ3) is 3.48. The Morgan fingerprint density at radius 2 is 1.95 bits per heavy atom. The highest BCUT2D eigenvalue weighted by Gasteiger charge is 2.19. The van der Waals surface area contributed by atoms with Gasteiger partial charge in [0, 0.05) is 7.05 Å². The minimum atomic E-state index is -1.09. The van der Waals surface area contributed by atoms with Crippen LogP contribution in [0.5, 0.6) is 0 Å². The summed E-state index contributed by atoms with van der Waals surface area (Å²) in [6.45, 7) is 5.07. The Labute approximate surface area is 118 Å². The number of carbonyl (C=O) groups is 2. The summed E-state index contributed by atoms with van der Waals surface area (Å²) < 4.78 is 0. The number of carboxylic acids is 1. The molecule has 0 aliphatic rings. The van der Waals surface area contributed by atoms with Gasteiger partial charge in [-0.15, -0.1) is 0 Å². The summed E-state index contributed by atoms with van der Waals surface area (Å²) in [5.74, 6) is -1.09. The van der Waals surface area contributed by atoms with Crippen LogP contribution >= 0.6 is 0 Å². The third-order valence-corrected chi connectivity index (χ3v) is 3.19. The van der Waals surface area contributed by atoms with Gasteiger partial charge in [0.25, 0.3) is 0 Å². The molecule has 1 aromatic rings. The number of anilines is 1. The molecule has 0 spiro atoms. The first-order chi connectivity index (χ1) is 9.27. The number of hydrogen-bond acceptors (Lipinski definition) is 3. The molecule has 1 aromatic carbocycles. The molecule has 0 radical (unpaired) electrons. The first-order valence-electron chi connectivity index (χ1n) is 6.27. The number of carbonyl (C=O) groups excluding carboxylic acids is 1. The lowest BCUT2D eigenvalue weighted by molar-refractivity contribution is 0.0698. The number of rotatable bonds is 4. The predicted octanol–water partition coefficient (Wildman–Crippen LogP) is 1.85. The zero-order valence-electron chi connectivity index (χ0n) is 12.1. The van der Waals surface area contributed by atoms with E-state index in [-0.39, 0.29) is 23.9 Å². The maximum absolute atomic E-state index is 12.0. The number of aryl methyl sites for hydroxylation is 2. The van der Waals surface area contributed by atoms with E-state index >= 15 is 0 Å². The summed E-state index contributed by atoms with van der Waals surface area (Å²) in [7, 11) is 1.54. The third-order valence-electron chi connectivity index (χ3n) is 3.19. The quantitative estimate of drug-likeness (QED) is 0.785. The summed E-state index contributed by atoms with van der Waals surface area (Å²) in [5, 5.41) is 20.9. The second-order valence-electron chi connectivity index (χ2n) is 4.88. The first-order valence-corrected chi connectivity index (χ1v) is 6.27. The number of likely N-dealkylation sites (N-methyl/N-ethyl adjacent to an activating group) is 1. The summed E-state index contributed by atoms with van der Waals surface area (Å²) in [4.78, 5) is 24.6. The van der Waals surface area contributed by atoms with Crippen molar-refractivity contribution in [2.24, 2.45) is 0 Å². The van der Waals surface area contributed by atoms with Crippen LogP contribution in [0.3, 0.4) is 0 Å². The highest BCUT2D eigenvalue weighted by atomic mass is 16.4. The van der Waals surface area contributed by atoms with Crippen molar-refractivity contribution in [2.45, 2.75) is 26.8 Å². The zero-order valence-corrected chi connectivity index (χ0v) is 12.1. The number of nitrogens with zero attached hydrogens (tertiary/aromatic N) is 1. The van der Waals surface area contributed by atoms with Crippen LogP contribution in [-0.2, 0) is 0 Å². The lowest BCUT2D eigenvalue weighted by atomic mass is 10.0.